The van der Waals surface area contributed by atoms with Gasteiger partial charge in [0.25, 0.3) is 0 Å². The number of aromatic nitrogens is 2. The highest BCUT2D eigenvalue weighted by Crippen LogP contribution is 2.25. The van der Waals surface area contributed by atoms with Crippen molar-refractivity contribution in [2.75, 3.05) is 19.5 Å². The molecule has 1 heterocycles. The molecule has 0 radical (unpaired) electrons. The van der Waals surface area contributed by atoms with Gasteiger partial charge in [0, 0.05) is 0 Å². The van der Waals surface area contributed by atoms with E-state index in [4.69, 9.17) is 15.2 Å². The van der Waals surface area contributed by atoms with Crippen LogP contribution in [0.25, 0.3) is 11.0 Å². The molecule has 0 aliphatic rings. The van der Waals surface area contributed by atoms with Gasteiger partial charge in [-0.1, -0.05) is 36.9 Å². The fourth-order valence-corrected chi connectivity index (χ4v) is 3.01. The van der Waals surface area contributed by atoms with Crippen LogP contribution in [0.3, 0.4) is 0 Å². The third-order valence-electron chi connectivity index (χ3n) is 4.22. The van der Waals surface area contributed by atoms with Crippen LogP contribution in [0.1, 0.15) is 0 Å². The van der Waals surface area contributed by atoms with Gasteiger partial charge >= 0.3 is 5.95 Å². The Labute approximate surface area is 152 Å². The third-order valence-corrected chi connectivity index (χ3v) is 4.22. The van der Waals surface area contributed by atoms with E-state index in [-0.39, 0.29) is 6.61 Å². The maximum atomic E-state index is 10.5. The minimum atomic E-state index is -0.727. The predicted molar refractivity (Wildman–Crippen MR) is 101 cm³/mol. The number of fused-ring (bicyclic) bond motifs is 1. The Balaban J connectivity index is 1.78. The van der Waals surface area contributed by atoms with E-state index in [2.05, 4.69) is 6.58 Å². The first-order chi connectivity index (χ1) is 12.7. The van der Waals surface area contributed by atoms with E-state index >= 15 is 0 Å². The summed E-state index contributed by atoms with van der Waals surface area (Å²) in [5, 5.41) is 10.5. The van der Waals surface area contributed by atoms with Gasteiger partial charge in [0.05, 0.1) is 13.7 Å². The van der Waals surface area contributed by atoms with Crippen LogP contribution in [0.5, 0.6) is 11.5 Å². The summed E-state index contributed by atoms with van der Waals surface area (Å²) in [4.78, 5) is 0. The lowest BCUT2D eigenvalue weighted by Gasteiger charge is -2.14. The molecule has 1 atom stereocenters. The van der Waals surface area contributed by atoms with Crippen LogP contribution in [0.4, 0.5) is 5.95 Å². The zero-order valence-electron chi connectivity index (χ0n) is 14.8. The summed E-state index contributed by atoms with van der Waals surface area (Å²) in [6.45, 7) is 4.85. The third kappa shape index (κ3) is 3.50. The number of ether oxygens (including phenoxy) is 2. The topological polar surface area (TPSA) is 73.5 Å². The van der Waals surface area contributed by atoms with Crippen molar-refractivity contribution in [1.82, 2.24) is 4.57 Å². The van der Waals surface area contributed by atoms with Gasteiger partial charge in [-0.2, -0.15) is 0 Å². The minimum Gasteiger partial charge on any atom is -0.493 e. The SMILES string of the molecule is C=CCn1c(N)[n+](C[C@@H](O)COc2ccccc2OC)c2ccccc21. The molecule has 0 unspecified atom stereocenters. The fraction of sp³-hybridized carbons (Fsp3) is 0.250. The number of nitrogens with zero attached hydrogens (tertiary/aromatic N) is 2. The molecular formula is C20H24N3O3+. The number of hydrogen-bond acceptors (Lipinski definition) is 4. The summed E-state index contributed by atoms with van der Waals surface area (Å²) in [5.74, 6) is 1.80. The van der Waals surface area contributed by atoms with Gasteiger partial charge in [0.15, 0.2) is 11.5 Å². The smallest absolute Gasteiger partial charge is 0.356 e. The van der Waals surface area contributed by atoms with E-state index in [1.165, 1.54) is 0 Å². The van der Waals surface area contributed by atoms with Crippen LogP contribution in [-0.2, 0) is 13.1 Å². The number of benzene rings is 2. The summed E-state index contributed by atoms with van der Waals surface area (Å²) < 4.78 is 14.8. The van der Waals surface area contributed by atoms with Gasteiger partial charge in [-0.15, -0.1) is 0 Å². The van der Waals surface area contributed by atoms with Gasteiger partial charge in [0.2, 0.25) is 0 Å². The summed E-state index contributed by atoms with van der Waals surface area (Å²) in [5.41, 5.74) is 8.27. The zero-order chi connectivity index (χ0) is 18.5. The van der Waals surface area contributed by atoms with Crippen LogP contribution >= 0.6 is 0 Å². The fourth-order valence-electron chi connectivity index (χ4n) is 3.01. The average Bonchev–Trinajstić information content (AvgIpc) is 2.93. The molecule has 6 nitrogen and oxygen atoms in total. The number of nitrogen functional groups attached to an aromatic ring is 1. The number of aliphatic hydroxyl groups excluding tert-OH is 1. The number of hydrogen-bond donors (Lipinski definition) is 2. The Morgan fingerprint density at radius 1 is 1.19 bits per heavy atom. The van der Waals surface area contributed by atoms with E-state index in [0.717, 1.165) is 11.0 Å². The second kappa shape index (κ2) is 7.93. The molecule has 0 aliphatic carbocycles. The monoisotopic (exact) mass is 354 g/mol. The van der Waals surface area contributed by atoms with Crippen LogP contribution in [-0.4, -0.2) is 29.5 Å². The Kier molecular flexibility index (Phi) is 5.43. The molecule has 136 valence electrons. The second-order valence-electron chi connectivity index (χ2n) is 5.97. The standard InChI is InChI=1S/C20H23N3O3/c1-3-12-22-16-8-4-5-9-17(16)23(20(22)21)13-15(24)14-26-19-11-7-6-10-18(19)25-2/h3-11,15,21,24H,1,12-14H2,2H3/p+1/t15-/m1/s1. The van der Waals surface area contributed by atoms with Gasteiger partial charge in [-0.25, -0.2) is 9.13 Å². The first kappa shape index (κ1) is 17.8. The van der Waals surface area contributed by atoms with Crippen LogP contribution in [0.2, 0.25) is 0 Å². The summed E-state index contributed by atoms with van der Waals surface area (Å²) in [6, 6.07) is 15.3. The van der Waals surface area contributed by atoms with Crippen molar-refractivity contribution >= 4 is 17.0 Å². The van der Waals surface area contributed by atoms with Gasteiger partial charge < -0.3 is 14.6 Å². The molecule has 2 aromatic carbocycles. The maximum absolute atomic E-state index is 10.5. The highest BCUT2D eigenvalue weighted by molar-refractivity contribution is 5.73. The summed E-state index contributed by atoms with van der Waals surface area (Å²) in [7, 11) is 1.59. The van der Waals surface area contributed by atoms with Crippen molar-refractivity contribution in [3.8, 4) is 11.5 Å². The van der Waals surface area contributed by atoms with Crippen LogP contribution in [0, 0.1) is 0 Å². The van der Waals surface area contributed by atoms with Gasteiger partial charge in [0.1, 0.15) is 30.3 Å². The highest BCUT2D eigenvalue weighted by Gasteiger charge is 2.22. The van der Waals surface area contributed by atoms with Gasteiger partial charge in [-0.05, 0) is 24.3 Å². The second-order valence-corrected chi connectivity index (χ2v) is 5.97. The molecule has 3 N–H and O–H groups in total. The number of anilines is 1. The van der Waals surface area contributed by atoms with Crippen LogP contribution in [0.15, 0.2) is 61.2 Å². The minimum absolute atomic E-state index is 0.133. The van der Waals surface area contributed by atoms with E-state index in [1.807, 2.05) is 57.7 Å². The molecule has 1 aromatic heterocycles. The average molecular weight is 354 g/mol. The number of nitrogens with two attached hydrogens (primary N) is 1. The molecule has 0 aliphatic heterocycles. The van der Waals surface area contributed by atoms with Crippen molar-refractivity contribution < 1.29 is 19.1 Å². The lowest BCUT2D eigenvalue weighted by molar-refractivity contribution is -0.665. The first-order valence-corrected chi connectivity index (χ1v) is 8.47. The molecule has 0 saturated heterocycles. The number of methoxy groups -OCH3 is 1. The maximum Gasteiger partial charge on any atom is 0.356 e. The van der Waals surface area contributed by atoms with Crippen molar-refractivity contribution in [2.24, 2.45) is 0 Å². The summed E-state index contributed by atoms with van der Waals surface area (Å²) in [6.07, 6.45) is 1.07. The Bertz CT molecular complexity index is 904. The number of aliphatic hydroxyl groups is 1. The lowest BCUT2D eigenvalue weighted by Crippen LogP contribution is -2.43. The van der Waals surface area contributed by atoms with E-state index < -0.39 is 6.10 Å². The predicted octanol–water partition coefficient (Wildman–Crippen LogP) is 2.15. The van der Waals surface area contributed by atoms with Crippen molar-refractivity contribution in [2.45, 2.75) is 19.2 Å². The van der Waals surface area contributed by atoms with Gasteiger partial charge in [-0.3, -0.25) is 5.73 Å². The number of imidazole rings is 1. The molecule has 0 fully saturated rings. The highest BCUT2D eigenvalue weighted by atomic mass is 16.5. The number of allylic oxidation sites excluding steroid dienone is 1. The van der Waals surface area contributed by atoms with E-state index in [1.54, 1.807) is 13.2 Å². The molecule has 0 bridgehead atoms. The molecule has 0 amide bonds. The number of rotatable bonds is 8. The molecule has 6 heteroatoms. The molecule has 3 aromatic rings. The zero-order valence-corrected chi connectivity index (χ0v) is 14.8. The Morgan fingerprint density at radius 2 is 1.88 bits per heavy atom. The number of para-hydroxylation sites is 4. The lowest BCUT2D eigenvalue weighted by atomic mass is 10.3. The van der Waals surface area contributed by atoms with E-state index in [0.29, 0.717) is 30.5 Å². The largest absolute Gasteiger partial charge is 0.493 e. The molecule has 3 rings (SSSR count). The van der Waals surface area contributed by atoms with Crippen LogP contribution < -0.4 is 19.8 Å². The molecule has 26 heavy (non-hydrogen) atoms. The van der Waals surface area contributed by atoms with Crippen molar-refractivity contribution in [3.63, 3.8) is 0 Å². The molecular weight excluding hydrogens is 330 g/mol. The molecule has 0 saturated carbocycles. The van der Waals surface area contributed by atoms with Crippen molar-refractivity contribution in [1.29, 1.82) is 0 Å². The Morgan fingerprint density at radius 3 is 2.62 bits per heavy atom. The summed E-state index contributed by atoms with van der Waals surface area (Å²) >= 11 is 0. The quantitative estimate of drug-likeness (QED) is 0.480. The molecule has 0 spiro atoms. The first-order valence-electron chi connectivity index (χ1n) is 8.47. The Hall–Kier alpha value is -2.99. The van der Waals surface area contributed by atoms with Crippen molar-refractivity contribution in [3.05, 3.63) is 61.2 Å². The van der Waals surface area contributed by atoms with E-state index in [9.17, 15) is 5.11 Å². The normalized spacial score (nSPS) is 12.1.